The van der Waals surface area contributed by atoms with Crippen LogP contribution in [0.2, 0.25) is 5.02 Å². The lowest BCUT2D eigenvalue weighted by atomic mass is 9.98. The van der Waals surface area contributed by atoms with Gasteiger partial charge in [-0.25, -0.2) is 4.98 Å². The number of aryl methyl sites for hydroxylation is 1. The smallest absolute Gasteiger partial charge is 0.0947 e. The molecule has 2 rings (SSSR count). The van der Waals surface area contributed by atoms with E-state index in [1.807, 2.05) is 19.1 Å². The molecule has 0 spiro atoms. The van der Waals surface area contributed by atoms with Gasteiger partial charge in [-0.2, -0.15) is 0 Å². The van der Waals surface area contributed by atoms with Gasteiger partial charge in [-0.05, 0) is 44.0 Å². The topological polar surface area (TPSA) is 24.9 Å². The lowest BCUT2D eigenvalue weighted by Gasteiger charge is -2.20. The van der Waals surface area contributed by atoms with E-state index >= 15 is 0 Å². The van der Waals surface area contributed by atoms with Gasteiger partial charge in [0.2, 0.25) is 0 Å². The third-order valence-electron chi connectivity index (χ3n) is 3.37. The number of halogens is 1. The highest BCUT2D eigenvalue weighted by atomic mass is 35.5. The molecular formula is C16H21ClN2S. The molecule has 1 aromatic heterocycles. The van der Waals surface area contributed by atoms with Crippen molar-refractivity contribution >= 4 is 22.9 Å². The molecule has 0 saturated heterocycles. The van der Waals surface area contributed by atoms with Crippen LogP contribution in [0.3, 0.4) is 0 Å². The van der Waals surface area contributed by atoms with Gasteiger partial charge >= 0.3 is 0 Å². The Bertz CT molecular complexity index is 565. The maximum Gasteiger partial charge on any atom is 0.0947 e. The van der Waals surface area contributed by atoms with Crippen molar-refractivity contribution in [3.8, 4) is 0 Å². The van der Waals surface area contributed by atoms with Crippen LogP contribution in [0.25, 0.3) is 0 Å². The molecule has 0 aliphatic rings. The van der Waals surface area contributed by atoms with Crippen LogP contribution in [-0.4, -0.2) is 11.5 Å². The Kier molecular flexibility index (Phi) is 5.58. The van der Waals surface area contributed by atoms with E-state index in [0.29, 0.717) is 0 Å². The molecule has 1 heterocycles. The minimum atomic E-state index is 0.277. The van der Waals surface area contributed by atoms with E-state index in [1.54, 1.807) is 11.3 Å². The van der Waals surface area contributed by atoms with Crippen LogP contribution < -0.4 is 5.32 Å². The molecular weight excluding hydrogens is 288 g/mol. The molecule has 0 fully saturated rings. The number of nitrogens with zero attached hydrogens (tertiary/aromatic N) is 1. The number of hydrogen-bond acceptors (Lipinski definition) is 3. The van der Waals surface area contributed by atoms with Crippen molar-refractivity contribution in [2.24, 2.45) is 0 Å². The van der Waals surface area contributed by atoms with Gasteiger partial charge in [0.15, 0.2) is 0 Å². The first-order chi connectivity index (χ1) is 9.61. The van der Waals surface area contributed by atoms with Crippen LogP contribution in [0.1, 0.15) is 41.2 Å². The fraction of sp³-hybridized carbons (Fsp3) is 0.438. The molecule has 4 heteroatoms. The molecule has 20 heavy (non-hydrogen) atoms. The number of hydrogen-bond donors (Lipinski definition) is 1. The van der Waals surface area contributed by atoms with Crippen LogP contribution in [0.15, 0.2) is 23.6 Å². The van der Waals surface area contributed by atoms with Gasteiger partial charge in [0.25, 0.3) is 0 Å². The zero-order valence-electron chi connectivity index (χ0n) is 12.2. The van der Waals surface area contributed by atoms with E-state index in [-0.39, 0.29) is 6.04 Å². The Hall–Kier alpha value is -0.900. The van der Waals surface area contributed by atoms with Gasteiger partial charge in [-0.1, -0.05) is 30.7 Å². The number of aromatic nitrogens is 1. The Balaban J connectivity index is 2.24. The van der Waals surface area contributed by atoms with Gasteiger partial charge in [-0.15, -0.1) is 11.3 Å². The molecule has 2 aromatic rings. The summed E-state index contributed by atoms with van der Waals surface area (Å²) in [5.41, 5.74) is 3.54. The van der Waals surface area contributed by atoms with Crippen molar-refractivity contribution in [3.05, 3.63) is 50.4 Å². The zero-order valence-corrected chi connectivity index (χ0v) is 13.8. The molecule has 0 saturated carbocycles. The lowest BCUT2D eigenvalue weighted by molar-refractivity contribution is 0.526. The minimum absolute atomic E-state index is 0.277. The molecule has 0 bridgehead atoms. The summed E-state index contributed by atoms with van der Waals surface area (Å²) < 4.78 is 0. The number of thiazole rings is 1. The second kappa shape index (κ2) is 7.21. The van der Waals surface area contributed by atoms with E-state index in [0.717, 1.165) is 35.7 Å². The average Bonchev–Trinajstić information content (AvgIpc) is 2.83. The fourth-order valence-electron chi connectivity index (χ4n) is 2.28. The summed E-state index contributed by atoms with van der Waals surface area (Å²) in [6.07, 6.45) is 2.03. The molecule has 1 atom stereocenters. The molecule has 1 unspecified atom stereocenters. The van der Waals surface area contributed by atoms with Crippen molar-refractivity contribution in [1.29, 1.82) is 0 Å². The third kappa shape index (κ3) is 3.81. The first-order valence-corrected chi connectivity index (χ1v) is 8.27. The average molecular weight is 309 g/mol. The van der Waals surface area contributed by atoms with Crippen molar-refractivity contribution in [2.75, 3.05) is 6.54 Å². The van der Waals surface area contributed by atoms with Crippen molar-refractivity contribution in [1.82, 2.24) is 10.3 Å². The largest absolute Gasteiger partial charge is 0.310 e. The predicted octanol–water partition coefficient (Wildman–Crippen LogP) is 4.70. The van der Waals surface area contributed by atoms with Crippen LogP contribution >= 0.6 is 22.9 Å². The van der Waals surface area contributed by atoms with E-state index in [9.17, 15) is 0 Å². The maximum atomic E-state index is 6.26. The summed E-state index contributed by atoms with van der Waals surface area (Å²) in [6.45, 7) is 7.31. The van der Waals surface area contributed by atoms with Crippen molar-refractivity contribution in [2.45, 2.75) is 39.7 Å². The third-order valence-corrected chi connectivity index (χ3v) is 4.77. The normalized spacial score (nSPS) is 12.6. The molecule has 1 aromatic carbocycles. The first kappa shape index (κ1) is 15.5. The number of nitrogens with one attached hydrogen (secondary N) is 1. The van der Waals surface area contributed by atoms with Crippen LogP contribution in [-0.2, 0) is 6.42 Å². The van der Waals surface area contributed by atoms with E-state index in [4.69, 9.17) is 11.6 Å². The highest BCUT2D eigenvalue weighted by Crippen LogP contribution is 2.27. The van der Waals surface area contributed by atoms with E-state index in [2.05, 4.69) is 35.6 Å². The monoisotopic (exact) mass is 308 g/mol. The SMILES string of the molecule is CCCNC(Cc1nc(C)cs1)c1cccc(Cl)c1C. The zero-order chi connectivity index (χ0) is 14.5. The quantitative estimate of drug-likeness (QED) is 0.837. The Morgan fingerprint density at radius 2 is 2.15 bits per heavy atom. The van der Waals surface area contributed by atoms with E-state index < -0.39 is 0 Å². The molecule has 108 valence electrons. The summed E-state index contributed by atoms with van der Waals surface area (Å²) in [6, 6.07) is 6.41. The van der Waals surface area contributed by atoms with Crippen LogP contribution in [0.4, 0.5) is 0 Å². The van der Waals surface area contributed by atoms with Crippen LogP contribution in [0.5, 0.6) is 0 Å². The van der Waals surface area contributed by atoms with Gasteiger partial charge in [0.05, 0.1) is 5.01 Å². The molecule has 1 N–H and O–H groups in total. The predicted molar refractivity (Wildman–Crippen MR) is 87.8 cm³/mol. The summed E-state index contributed by atoms with van der Waals surface area (Å²) in [5.74, 6) is 0. The van der Waals surface area contributed by atoms with Crippen molar-refractivity contribution < 1.29 is 0 Å². The molecule has 2 nitrogen and oxygen atoms in total. The lowest BCUT2D eigenvalue weighted by Crippen LogP contribution is -2.24. The molecule has 0 amide bonds. The summed E-state index contributed by atoms with van der Waals surface area (Å²) >= 11 is 7.99. The van der Waals surface area contributed by atoms with Gasteiger partial charge in [-0.3, -0.25) is 0 Å². The van der Waals surface area contributed by atoms with Gasteiger partial charge in [0, 0.05) is 28.6 Å². The maximum absolute atomic E-state index is 6.26. The van der Waals surface area contributed by atoms with Crippen LogP contribution in [0, 0.1) is 13.8 Å². The standard InChI is InChI=1S/C16H21ClN2S/c1-4-8-18-15(9-16-19-11(2)10-20-16)13-6-5-7-14(17)12(13)3/h5-7,10,15,18H,4,8-9H2,1-3H3. The molecule has 0 aliphatic carbocycles. The second-order valence-electron chi connectivity index (χ2n) is 5.05. The van der Waals surface area contributed by atoms with E-state index in [1.165, 1.54) is 10.6 Å². The Labute approximate surface area is 130 Å². The number of rotatable bonds is 6. The molecule has 0 aliphatic heterocycles. The number of benzene rings is 1. The highest BCUT2D eigenvalue weighted by molar-refractivity contribution is 7.09. The summed E-state index contributed by atoms with van der Waals surface area (Å²) in [7, 11) is 0. The fourth-order valence-corrected chi connectivity index (χ4v) is 3.28. The summed E-state index contributed by atoms with van der Waals surface area (Å²) in [4.78, 5) is 4.58. The summed E-state index contributed by atoms with van der Waals surface area (Å²) in [5, 5.41) is 7.74. The second-order valence-corrected chi connectivity index (χ2v) is 6.40. The first-order valence-electron chi connectivity index (χ1n) is 7.01. The minimum Gasteiger partial charge on any atom is -0.310 e. The molecule has 0 radical (unpaired) electrons. The van der Waals surface area contributed by atoms with Crippen molar-refractivity contribution in [3.63, 3.8) is 0 Å². The van der Waals surface area contributed by atoms with Gasteiger partial charge in [0.1, 0.15) is 0 Å². The highest BCUT2D eigenvalue weighted by Gasteiger charge is 2.16. The Morgan fingerprint density at radius 3 is 2.80 bits per heavy atom. The van der Waals surface area contributed by atoms with Gasteiger partial charge < -0.3 is 5.32 Å². The Morgan fingerprint density at radius 1 is 1.35 bits per heavy atom.